The fourth-order valence-corrected chi connectivity index (χ4v) is 3.91. The minimum atomic E-state index is -1.10. The number of thiophene rings is 1. The Balaban J connectivity index is 1.89. The molecule has 3 aromatic heterocycles. The third-order valence-corrected chi connectivity index (χ3v) is 5.18. The number of hydrogen-bond acceptors (Lipinski definition) is 8. The molecule has 130 valence electrons. The SMILES string of the molecule is CC(=NNc1nc2sc3c(c2c2ncnn12)CC(C)(C)OC3)C(=O)O. The molecule has 10 heteroatoms. The van der Waals surface area contributed by atoms with E-state index in [1.807, 2.05) is 0 Å². The van der Waals surface area contributed by atoms with Crippen LogP contribution in [0.1, 0.15) is 31.2 Å². The predicted octanol–water partition coefficient (Wildman–Crippen LogP) is 2.06. The van der Waals surface area contributed by atoms with Crippen LogP contribution in [0.5, 0.6) is 0 Å². The van der Waals surface area contributed by atoms with Crippen molar-refractivity contribution in [3.05, 3.63) is 16.8 Å². The number of nitrogens with zero attached hydrogens (tertiary/aromatic N) is 5. The number of carboxylic acids is 1. The molecule has 4 heterocycles. The Morgan fingerprint density at radius 3 is 3.08 bits per heavy atom. The third-order valence-electron chi connectivity index (χ3n) is 4.08. The predicted molar refractivity (Wildman–Crippen MR) is 93.1 cm³/mol. The topological polar surface area (TPSA) is 114 Å². The number of fused-ring (bicyclic) bond motifs is 5. The van der Waals surface area contributed by atoms with Crippen LogP contribution in [0.3, 0.4) is 0 Å². The summed E-state index contributed by atoms with van der Waals surface area (Å²) in [6, 6.07) is 0. The zero-order valence-corrected chi connectivity index (χ0v) is 14.7. The fourth-order valence-electron chi connectivity index (χ4n) is 2.81. The number of hydrogen-bond donors (Lipinski definition) is 2. The minimum Gasteiger partial charge on any atom is -0.477 e. The Morgan fingerprint density at radius 2 is 2.32 bits per heavy atom. The molecule has 0 atom stereocenters. The first-order valence-corrected chi connectivity index (χ1v) is 8.49. The van der Waals surface area contributed by atoms with E-state index in [-0.39, 0.29) is 11.3 Å². The molecule has 3 aromatic rings. The number of carbonyl (C=O) groups is 1. The number of ether oxygens (including phenoxy) is 1. The molecule has 0 bridgehead atoms. The highest BCUT2D eigenvalue weighted by atomic mass is 32.1. The largest absolute Gasteiger partial charge is 0.477 e. The van der Waals surface area contributed by atoms with Crippen molar-refractivity contribution in [2.75, 3.05) is 5.43 Å². The molecule has 0 saturated carbocycles. The zero-order valence-electron chi connectivity index (χ0n) is 13.9. The van der Waals surface area contributed by atoms with Crippen LogP contribution in [0.2, 0.25) is 0 Å². The molecule has 1 aliphatic rings. The lowest BCUT2D eigenvalue weighted by molar-refractivity contribution is -0.129. The Bertz CT molecular complexity index is 1030. The first-order chi connectivity index (χ1) is 11.9. The first kappa shape index (κ1) is 15.9. The smallest absolute Gasteiger partial charge is 0.351 e. The van der Waals surface area contributed by atoms with Gasteiger partial charge < -0.3 is 9.84 Å². The van der Waals surface area contributed by atoms with Crippen molar-refractivity contribution < 1.29 is 14.6 Å². The molecule has 0 radical (unpaired) electrons. The summed E-state index contributed by atoms with van der Waals surface area (Å²) in [5, 5.41) is 17.9. The lowest BCUT2D eigenvalue weighted by atomic mass is 9.94. The van der Waals surface area contributed by atoms with Crippen molar-refractivity contribution in [2.45, 2.75) is 39.4 Å². The van der Waals surface area contributed by atoms with Crippen LogP contribution < -0.4 is 5.43 Å². The van der Waals surface area contributed by atoms with E-state index in [2.05, 4.69) is 39.4 Å². The molecule has 0 unspecified atom stereocenters. The van der Waals surface area contributed by atoms with Gasteiger partial charge in [0, 0.05) is 11.3 Å². The van der Waals surface area contributed by atoms with Crippen molar-refractivity contribution in [3.8, 4) is 0 Å². The van der Waals surface area contributed by atoms with Crippen molar-refractivity contribution in [1.29, 1.82) is 0 Å². The van der Waals surface area contributed by atoms with E-state index < -0.39 is 5.97 Å². The number of nitrogens with one attached hydrogen (secondary N) is 1. The van der Waals surface area contributed by atoms with E-state index in [1.54, 1.807) is 11.3 Å². The number of anilines is 1. The molecule has 0 saturated heterocycles. The zero-order chi connectivity index (χ0) is 17.8. The molecule has 0 spiro atoms. The Hall–Kier alpha value is -2.59. The van der Waals surface area contributed by atoms with E-state index in [0.717, 1.165) is 21.5 Å². The van der Waals surface area contributed by atoms with Gasteiger partial charge in [-0.25, -0.2) is 20.2 Å². The monoisotopic (exact) mass is 360 g/mol. The molecular weight excluding hydrogens is 344 g/mol. The summed E-state index contributed by atoms with van der Waals surface area (Å²) in [7, 11) is 0. The lowest BCUT2D eigenvalue weighted by Gasteiger charge is -2.30. The van der Waals surface area contributed by atoms with Gasteiger partial charge in [0.05, 0.1) is 17.6 Å². The quantitative estimate of drug-likeness (QED) is 0.543. The van der Waals surface area contributed by atoms with Crippen molar-refractivity contribution in [1.82, 2.24) is 19.6 Å². The van der Waals surface area contributed by atoms with Crippen LogP contribution in [0, 0.1) is 0 Å². The summed E-state index contributed by atoms with van der Waals surface area (Å²) in [6.45, 7) is 6.07. The first-order valence-electron chi connectivity index (χ1n) is 7.67. The van der Waals surface area contributed by atoms with Gasteiger partial charge in [0.2, 0.25) is 5.95 Å². The second-order valence-corrected chi connectivity index (χ2v) is 7.54. The Morgan fingerprint density at radius 1 is 1.52 bits per heavy atom. The van der Waals surface area contributed by atoms with E-state index in [1.165, 1.54) is 23.3 Å². The van der Waals surface area contributed by atoms with Crippen LogP contribution in [-0.4, -0.2) is 42.0 Å². The van der Waals surface area contributed by atoms with Crippen LogP contribution >= 0.6 is 11.3 Å². The van der Waals surface area contributed by atoms with Crippen LogP contribution in [0.25, 0.3) is 15.9 Å². The summed E-state index contributed by atoms with van der Waals surface area (Å²) >= 11 is 1.55. The van der Waals surface area contributed by atoms with Crippen LogP contribution in [-0.2, 0) is 22.6 Å². The summed E-state index contributed by atoms with van der Waals surface area (Å²) in [5.74, 6) is -0.784. The van der Waals surface area contributed by atoms with Crippen molar-refractivity contribution in [3.63, 3.8) is 0 Å². The van der Waals surface area contributed by atoms with Crippen molar-refractivity contribution in [2.24, 2.45) is 5.10 Å². The molecular formula is C15H16N6O3S. The highest BCUT2D eigenvalue weighted by molar-refractivity contribution is 7.19. The molecule has 0 fully saturated rings. The van der Waals surface area contributed by atoms with Gasteiger partial charge in [-0.2, -0.15) is 14.7 Å². The van der Waals surface area contributed by atoms with E-state index >= 15 is 0 Å². The second-order valence-electron chi connectivity index (χ2n) is 6.45. The number of rotatable bonds is 3. The second kappa shape index (κ2) is 5.46. The standard InChI is InChI=1S/C15H16N6O3S/c1-7(13(22)23)19-20-14-18-12-10(11-16-6-17-21(11)14)8-4-15(2,3)24-5-9(8)25-12/h6H,4-5H2,1-3H3,(H,18,20)(H,22,23). The maximum Gasteiger partial charge on any atom is 0.351 e. The molecule has 0 aliphatic carbocycles. The summed E-state index contributed by atoms with van der Waals surface area (Å²) < 4.78 is 7.43. The fraction of sp³-hybridized carbons (Fsp3) is 0.400. The van der Waals surface area contributed by atoms with Gasteiger partial charge >= 0.3 is 5.97 Å². The van der Waals surface area contributed by atoms with Gasteiger partial charge in [-0.3, -0.25) is 0 Å². The Labute approximate surface area is 146 Å². The van der Waals surface area contributed by atoms with Gasteiger partial charge in [0.15, 0.2) is 5.65 Å². The van der Waals surface area contributed by atoms with Gasteiger partial charge in [0.1, 0.15) is 16.9 Å². The third kappa shape index (κ3) is 2.63. The van der Waals surface area contributed by atoms with E-state index in [9.17, 15) is 4.79 Å². The maximum absolute atomic E-state index is 10.9. The van der Waals surface area contributed by atoms with Crippen LogP contribution in [0.15, 0.2) is 11.4 Å². The number of aliphatic carboxylic acids is 1. The lowest BCUT2D eigenvalue weighted by Crippen LogP contribution is -2.31. The average molecular weight is 360 g/mol. The van der Waals surface area contributed by atoms with Gasteiger partial charge in [-0.05, 0) is 26.3 Å². The summed E-state index contributed by atoms with van der Waals surface area (Å²) in [4.78, 5) is 21.8. The highest BCUT2D eigenvalue weighted by Crippen LogP contribution is 2.40. The van der Waals surface area contributed by atoms with Gasteiger partial charge in [-0.1, -0.05) is 0 Å². The van der Waals surface area contributed by atoms with Gasteiger partial charge in [0.25, 0.3) is 0 Å². The van der Waals surface area contributed by atoms with Crippen LogP contribution in [0.4, 0.5) is 5.95 Å². The van der Waals surface area contributed by atoms with E-state index in [0.29, 0.717) is 18.2 Å². The molecule has 4 rings (SSSR count). The van der Waals surface area contributed by atoms with Gasteiger partial charge in [-0.15, -0.1) is 11.3 Å². The molecule has 2 N–H and O–H groups in total. The number of aromatic nitrogens is 4. The van der Waals surface area contributed by atoms with E-state index in [4.69, 9.17) is 9.84 Å². The number of hydrazone groups is 1. The Kier molecular flexibility index (Phi) is 3.48. The summed E-state index contributed by atoms with van der Waals surface area (Å²) in [5.41, 5.74) is 4.23. The normalized spacial score (nSPS) is 17.0. The molecule has 1 aliphatic heterocycles. The molecule has 9 nitrogen and oxygen atoms in total. The van der Waals surface area contributed by atoms with Crippen molar-refractivity contribution >= 4 is 44.8 Å². The molecule has 0 aromatic carbocycles. The minimum absolute atomic E-state index is 0.0733. The highest BCUT2D eigenvalue weighted by Gasteiger charge is 2.31. The molecule has 25 heavy (non-hydrogen) atoms. The average Bonchev–Trinajstić information content (AvgIpc) is 3.14. The molecule has 0 amide bonds. The number of carboxylic acid groups (broad SMARTS) is 1. The summed E-state index contributed by atoms with van der Waals surface area (Å²) in [6.07, 6.45) is 2.22. The maximum atomic E-state index is 10.9.